The van der Waals surface area contributed by atoms with Gasteiger partial charge in [-0.2, -0.15) is 0 Å². The van der Waals surface area contributed by atoms with Crippen LogP contribution in [-0.2, 0) is 0 Å². The standard InChI is InChI=1S/C12H12IN3S/c1-14-12-9(13)10(7-4-5-7)15-11(16-12)8-3-2-6-17-8/h2-3,6-7H,4-5H2,1H3,(H,14,15,16). The van der Waals surface area contributed by atoms with Crippen molar-refractivity contribution < 1.29 is 0 Å². The maximum Gasteiger partial charge on any atom is 0.171 e. The first kappa shape index (κ1) is 11.4. The van der Waals surface area contributed by atoms with Crippen LogP contribution in [0, 0.1) is 3.57 Å². The largest absolute Gasteiger partial charge is 0.372 e. The minimum atomic E-state index is 0.649. The SMILES string of the molecule is CNc1nc(-c2cccs2)nc(C2CC2)c1I. The van der Waals surface area contributed by atoms with Crippen molar-refractivity contribution >= 4 is 39.7 Å². The van der Waals surface area contributed by atoms with Crippen molar-refractivity contribution in [2.24, 2.45) is 0 Å². The zero-order valence-corrected chi connectivity index (χ0v) is 12.4. The van der Waals surface area contributed by atoms with Gasteiger partial charge in [-0.1, -0.05) is 6.07 Å². The van der Waals surface area contributed by atoms with Crippen LogP contribution in [0.15, 0.2) is 17.5 Å². The monoisotopic (exact) mass is 357 g/mol. The highest BCUT2D eigenvalue weighted by atomic mass is 127. The van der Waals surface area contributed by atoms with Gasteiger partial charge in [0, 0.05) is 13.0 Å². The zero-order chi connectivity index (χ0) is 11.8. The molecular formula is C12H12IN3S. The van der Waals surface area contributed by atoms with Gasteiger partial charge in [0.05, 0.1) is 14.1 Å². The van der Waals surface area contributed by atoms with Crippen LogP contribution >= 0.6 is 33.9 Å². The van der Waals surface area contributed by atoms with E-state index < -0.39 is 0 Å². The number of hydrogen-bond acceptors (Lipinski definition) is 4. The second-order valence-corrected chi connectivity index (χ2v) is 6.12. The Hall–Kier alpha value is -0.690. The van der Waals surface area contributed by atoms with Gasteiger partial charge in [0.2, 0.25) is 0 Å². The predicted molar refractivity (Wildman–Crippen MR) is 79.6 cm³/mol. The van der Waals surface area contributed by atoms with E-state index in [0.29, 0.717) is 5.92 Å². The third-order valence-corrected chi connectivity index (χ3v) is 4.75. The zero-order valence-electron chi connectivity index (χ0n) is 9.40. The molecule has 2 aromatic rings. The van der Waals surface area contributed by atoms with E-state index in [-0.39, 0.29) is 0 Å². The summed E-state index contributed by atoms with van der Waals surface area (Å²) >= 11 is 4.03. The van der Waals surface area contributed by atoms with E-state index in [1.165, 1.54) is 22.1 Å². The number of halogens is 1. The Morgan fingerprint density at radius 2 is 2.24 bits per heavy atom. The minimum Gasteiger partial charge on any atom is -0.372 e. The van der Waals surface area contributed by atoms with E-state index in [9.17, 15) is 0 Å². The topological polar surface area (TPSA) is 37.8 Å². The van der Waals surface area contributed by atoms with Crippen LogP contribution in [0.4, 0.5) is 5.82 Å². The fraction of sp³-hybridized carbons (Fsp3) is 0.333. The first-order valence-electron chi connectivity index (χ1n) is 5.58. The average molecular weight is 357 g/mol. The van der Waals surface area contributed by atoms with Gasteiger partial charge in [0.15, 0.2) is 5.82 Å². The van der Waals surface area contributed by atoms with Gasteiger partial charge in [-0.15, -0.1) is 11.3 Å². The summed E-state index contributed by atoms with van der Waals surface area (Å²) in [4.78, 5) is 10.5. The molecule has 0 atom stereocenters. The van der Waals surface area contributed by atoms with Crippen LogP contribution in [0.3, 0.4) is 0 Å². The van der Waals surface area contributed by atoms with Crippen LogP contribution in [0.5, 0.6) is 0 Å². The molecule has 1 aliphatic carbocycles. The van der Waals surface area contributed by atoms with Gasteiger partial charge in [-0.25, -0.2) is 9.97 Å². The predicted octanol–water partition coefficient (Wildman–Crippen LogP) is 3.73. The quantitative estimate of drug-likeness (QED) is 0.851. The molecule has 0 aromatic carbocycles. The highest BCUT2D eigenvalue weighted by molar-refractivity contribution is 14.1. The van der Waals surface area contributed by atoms with Crippen LogP contribution in [0.1, 0.15) is 24.5 Å². The Morgan fingerprint density at radius 1 is 1.41 bits per heavy atom. The van der Waals surface area contributed by atoms with Crippen LogP contribution < -0.4 is 5.32 Å². The molecule has 17 heavy (non-hydrogen) atoms. The molecule has 5 heteroatoms. The van der Waals surface area contributed by atoms with Crippen LogP contribution in [-0.4, -0.2) is 17.0 Å². The lowest BCUT2D eigenvalue weighted by molar-refractivity contribution is 0.981. The molecular weight excluding hydrogens is 345 g/mol. The third kappa shape index (κ3) is 2.18. The summed E-state index contributed by atoms with van der Waals surface area (Å²) in [6, 6.07) is 4.11. The summed E-state index contributed by atoms with van der Waals surface area (Å²) in [7, 11) is 1.92. The number of thiophene rings is 1. The molecule has 0 unspecified atom stereocenters. The van der Waals surface area contributed by atoms with Crippen molar-refractivity contribution in [3.63, 3.8) is 0 Å². The normalized spacial score (nSPS) is 14.9. The minimum absolute atomic E-state index is 0.649. The molecule has 3 nitrogen and oxygen atoms in total. The molecule has 2 aromatic heterocycles. The van der Waals surface area contributed by atoms with E-state index >= 15 is 0 Å². The highest BCUT2D eigenvalue weighted by Crippen LogP contribution is 2.43. The number of nitrogens with zero attached hydrogens (tertiary/aromatic N) is 2. The van der Waals surface area contributed by atoms with Gasteiger partial charge in [0.1, 0.15) is 5.82 Å². The van der Waals surface area contributed by atoms with Crippen molar-refractivity contribution in [3.05, 3.63) is 26.8 Å². The second kappa shape index (κ2) is 4.53. The number of nitrogens with one attached hydrogen (secondary N) is 1. The first-order chi connectivity index (χ1) is 8.29. The van der Waals surface area contributed by atoms with Gasteiger partial charge in [-0.05, 0) is 46.9 Å². The number of anilines is 1. The van der Waals surface area contributed by atoms with Crippen molar-refractivity contribution in [1.82, 2.24) is 9.97 Å². The number of hydrogen-bond donors (Lipinski definition) is 1. The van der Waals surface area contributed by atoms with Crippen molar-refractivity contribution in [2.75, 3.05) is 12.4 Å². The maximum atomic E-state index is 4.74. The van der Waals surface area contributed by atoms with Crippen LogP contribution in [0.2, 0.25) is 0 Å². The molecule has 0 amide bonds. The Labute approximate surface area is 118 Å². The molecule has 3 rings (SSSR count). The number of aromatic nitrogens is 2. The second-order valence-electron chi connectivity index (χ2n) is 4.10. The van der Waals surface area contributed by atoms with Gasteiger partial charge in [-0.3, -0.25) is 0 Å². The van der Waals surface area contributed by atoms with Crippen molar-refractivity contribution in [2.45, 2.75) is 18.8 Å². The smallest absolute Gasteiger partial charge is 0.171 e. The molecule has 1 aliphatic rings. The van der Waals surface area contributed by atoms with E-state index in [2.05, 4.69) is 44.3 Å². The molecule has 0 aliphatic heterocycles. The molecule has 2 heterocycles. The fourth-order valence-corrected chi connectivity index (χ4v) is 3.38. The first-order valence-corrected chi connectivity index (χ1v) is 7.54. The molecule has 0 saturated heterocycles. The molecule has 1 fully saturated rings. The Kier molecular flexibility index (Phi) is 3.04. The Morgan fingerprint density at radius 3 is 2.82 bits per heavy atom. The molecule has 0 bridgehead atoms. The lowest BCUT2D eigenvalue weighted by Gasteiger charge is -2.09. The van der Waals surface area contributed by atoms with Gasteiger partial charge >= 0.3 is 0 Å². The number of rotatable bonds is 3. The third-order valence-electron chi connectivity index (χ3n) is 2.82. The lowest BCUT2D eigenvalue weighted by Crippen LogP contribution is -2.04. The average Bonchev–Trinajstić information content (AvgIpc) is 3.04. The summed E-state index contributed by atoms with van der Waals surface area (Å²) in [6.45, 7) is 0. The molecule has 1 saturated carbocycles. The molecule has 1 N–H and O–H groups in total. The van der Waals surface area contributed by atoms with Crippen molar-refractivity contribution in [3.8, 4) is 10.7 Å². The summed E-state index contributed by atoms with van der Waals surface area (Å²) in [5.74, 6) is 2.45. The maximum absolute atomic E-state index is 4.74. The lowest BCUT2D eigenvalue weighted by atomic mass is 10.2. The van der Waals surface area contributed by atoms with Crippen LogP contribution in [0.25, 0.3) is 10.7 Å². The summed E-state index contributed by atoms with van der Waals surface area (Å²) in [5, 5.41) is 5.23. The molecule has 0 radical (unpaired) electrons. The summed E-state index contributed by atoms with van der Waals surface area (Å²) < 4.78 is 1.17. The van der Waals surface area contributed by atoms with Gasteiger partial charge in [0.25, 0.3) is 0 Å². The van der Waals surface area contributed by atoms with Gasteiger partial charge < -0.3 is 5.32 Å². The summed E-state index contributed by atoms with van der Waals surface area (Å²) in [5.41, 5.74) is 1.22. The van der Waals surface area contributed by atoms with E-state index in [1.54, 1.807) is 11.3 Å². The van der Waals surface area contributed by atoms with E-state index in [1.807, 2.05) is 13.1 Å². The molecule has 0 spiro atoms. The van der Waals surface area contributed by atoms with E-state index in [4.69, 9.17) is 4.98 Å². The Balaban J connectivity index is 2.13. The fourth-order valence-electron chi connectivity index (χ4n) is 1.77. The summed E-state index contributed by atoms with van der Waals surface area (Å²) in [6.07, 6.45) is 2.53. The molecule has 88 valence electrons. The van der Waals surface area contributed by atoms with Crippen molar-refractivity contribution in [1.29, 1.82) is 0 Å². The van der Waals surface area contributed by atoms with E-state index in [0.717, 1.165) is 16.5 Å². The Bertz CT molecular complexity index is 535. The highest BCUT2D eigenvalue weighted by Gasteiger charge is 2.29.